The summed E-state index contributed by atoms with van der Waals surface area (Å²) < 4.78 is 1.69. The van der Waals surface area contributed by atoms with Crippen LogP contribution in [0.4, 0.5) is 0 Å². The molecule has 0 N–H and O–H groups in total. The molecule has 0 atom stereocenters. The molecule has 0 amide bonds. The average molecular weight is 206 g/mol. The van der Waals surface area contributed by atoms with E-state index in [4.69, 9.17) is 0 Å². The quantitative estimate of drug-likeness (QED) is 0.550. The third-order valence-corrected chi connectivity index (χ3v) is 3.30. The minimum Gasteiger partial charge on any atom is -0.292 e. The SMILES string of the molecule is Cn1nccc1C(=O)C1CCCCCC1. The van der Waals surface area contributed by atoms with Gasteiger partial charge in [-0.2, -0.15) is 5.10 Å². The third-order valence-electron chi connectivity index (χ3n) is 3.30. The van der Waals surface area contributed by atoms with Crippen LogP contribution in [-0.2, 0) is 7.05 Å². The maximum atomic E-state index is 12.2. The molecule has 1 aromatic heterocycles. The van der Waals surface area contributed by atoms with Crippen LogP contribution in [0, 0.1) is 5.92 Å². The maximum absolute atomic E-state index is 12.2. The summed E-state index contributed by atoms with van der Waals surface area (Å²) in [6.45, 7) is 0. The number of hydrogen-bond donors (Lipinski definition) is 0. The molecular weight excluding hydrogens is 188 g/mol. The van der Waals surface area contributed by atoms with Crippen LogP contribution in [0.1, 0.15) is 49.0 Å². The first-order valence-corrected chi connectivity index (χ1v) is 5.81. The molecule has 1 aliphatic rings. The predicted octanol–water partition coefficient (Wildman–Crippen LogP) is 2.57. The largest absolute Gasteiger partial charge is 0.292 e. The van der Waals surface area contributed by atoms with Gasteiger partial charge in [0.15, 0.2) is 5.78 Å². The van der Waals surface area contributed by atoms with Crippen LogP contribution in [0.5, 0.6) is 0 Å². The van der Waals surface area contributed by atoms with Gasteiger partial charge in [0.1, 0.15) is 5.69 Å². The molecule has 1 aliphatic carbocycles. The van der Waals surface area contributed by atoms with Gasteiger partial charge in [0.05, 0.1) is 0 Å². The second kappa shape index (κ2) is 4.60. The van der Waals surface area contributed by atoms with Crippen LogP contribution in [-0.4, -0.2) is 15.6 Å². The first-order valence-electron chi connectivity index (χ1n) is 5.81. The monoisotopic (exact) mass is 206 g/mol. The van der Waals surface area contributed by atoms with Gasteiger partial charge in [-0.3, -0.25) is 9.48 Å². The Morgan fingerprint density at radius 1 is 1.33 bits per heavy atom. The van der Waals surface area contributed by atoms with Crippen molar-refractivity contribution in [2.45, 2.75) is 38.5 Å². The summed E-state index contributed by atoms with van der Waals surface area (Å²) in [6.07, 6.45) is 8.80. The highest BCUT2D eigenvalue weighted by Gasteiger charge is 2.23. The fraction of sp³-hybridized carbons (Fsp3) is 0.667. The van der Waals surface area contributed by atoms with Crippen molar-refractivity contribution in [3.63, 3.8) is 0 Å². The van der Waals surface area contributed by atoms with Crippen LogP contribution in [0.3, 0.4) is 0 Å². The van der Waals surface area contributed by atoms with Gasteiger partial charge in [-0.1, -0.05) is 25.7 Å². The minimum absolute atomic E-state index is 0.239. The summed E-state index contributed by atoms with van der Waals surface area (Å²) in [5, 5.41) is 4.05. The fourth-order valence-corrected chi connectivity index (χ4v) is 2.37. The van der Waals surface area contributed by atoms with Gasteiger partial charge in [-0.15, -0.1) is 0 Å². The minimum atomic E-state index is 0.239. The number of aromatic nitrogens is 2. The van der Waals surface area contributed by atoms with E-state index in [1.807, 2.05) is 13.1 Å². The highest BCUT2D eigenvalue weighted by molar-refractivity contribution is 5.96. The first-order chi connectivity index (χ1) is 7.29. The second-order valence-electron chi connectivity index (χ2n) is 4.39. The van der Waals surface area contributed by atoms with Crippen LogP contribution in [0.2, 0.25) is 0 Å². The average Bonchev–Trinajstić information content (AvgIpc) is 2.53. The van der Waals surface area contributed by atoms with Gasteiger partial charge < -0.3 is 0 Å². The molecule has 2 rings (SSSR count). The molecule has 1 saturated carbocycles. The molecule has 0 aromatic carbocycles. The smallest absolute Gasteiger partial charge is 0.183 e. The van der Waals surface area contributed by atoms with Gasteiger partial charge in [-0.05, 0) is 18.9 Å². The second-order valence-corrected chi connectivity index (χ2v) is 4.39. The Morgan fingerprint density at radius 3 is 2.53 bits per heavy atom. The van der Waals surface area contributed by atoms with E-state index < -0.39 is 0 Å². The topological polar surface area (TPSA) is 34.9 Å². The summed E-state index contributed by atoms with van der Waals surface area (Å²) in [5.41, 5.74) is 0.766. The van der Waals surface area contributed by atoms with Crippen molar-refractivity contribution in [1.82, 2.24) is 9.78 Å². The van der Waals surface area contributed by atoms with Crippen LogP contribution in [0.25, 0.3) is 0 Å². The van der Waals surface area contributed by atoms with E-state index >= 15 is 0 Å². The summed E-state index contributed by atoms with van der Waals surface area (Å²) in [5.74, 6) is 0.528. The van der Waals surface area contributed by atoms with Gasteiger partial charge in [-0.25, -0.2) is 0 Å². The zero-order valence-corrected chi connectivity index (χ0v) is 9.28. The molecule has 1 heterocycles. The number of Topliss-reactive ketones (excluding diaryl/α,β-unsaturated/α-hetero) is 1. The lowest BCUT2D eigenvalue weighted by molar-refractivity contribution is 0.0898. The Kier molecular flexibility index (Phi) is 3.19. The van der Waals surface area contributed by atoms with Crippen molar-refractivity contribution >= 4 is 5.78 Å². The Balaban J connectivity index is 2.09. The fourth-order valence-electron chi connectivity index (χ4n) is 2.37. The molecule has 1 aromatic rings. The number of rotatable bonds is 2. The van der Waals surface area contributed by atoms with E-state index in [0.717, 1.165) is 18.5 Å². The maximum Gasteiger partial charge on any atom is 0.183 e. The van der Waals surface area contributed by atoms with E-state index in [-0.39, 0.29) is 11.7 Å². The Morgan fingerprint density at radius 2 is 2.00 bits per heavy atom. The highest BCUT2D eigenvalue weighted by Crippen LogP contribution is 2.25. The first kappa shape index (κ1) is 10.4. The van der Waals surface area contributed by atoms with Crippen molar-refractivity contribution < 1.29 is 4.79 Å². The van der Waals surface area contributed by atoms with E-state index in [0.29, 0.717) is 0 Å². The number of carbonyl (C=O) groups is 1. The van der Waals surface area contributed by atoms with Crippen LogP contribution in [0.15, 0.2) is 12.3 Å². The normalized spacial score (nSPS) is 18.7. The van der Waals surface area contributed by atoms with Gasteiger partial charge >= 0.3 is 0 Å². The molecule has 15 heavy (non-hydrogen) atoms. The molecule has 0 unspecified atom stereocenters. The van der Waals surface area contributed by atoms with Crippen molar-refractivity contribution in [2.24, 2.45) is 13.0 Å². The number of aryl methyl sites for hydroxylation is 1. The number of nitrogens with zero attached hydrogens (tertiary/aromatic N) is 2. The molecule has 0 radical (unpaired) electrons. The van der Waals surface area contributed by atoms with E-state index in [1.165, 1.54) is 25.7 Å². The van der Waals surface area contributed by atoms with Gasteiger partial charge in [0, 0.05) is 19.2 Å². The summed E-state index contributed by atoms with van der Waals surface area (Å²) in [7, 11) is 1.84. The zero-order chi connectivity index (χ0) is 10.7. The number of carbonyl (C=O) groups excluding carboxylic acids is 1. The summed E-state index contributed by atoms with van der Waals surface area (Å²) >= 11 is 0. The molecule has 82 valence electrons. The van der Waals surface area contributed by atoms with Crippen molar-refractivity contribution in [2.75, 3.05) is 0 Å². The Hall–Kier alpha value is -1.12. The van der Waals surface area contributed by atoms with E-state index in [1.54, 1.807) is 10.9 Å². The van der Waals surface area contributed by atoms with Gasteiger partial charge in [0.2, 0.25) is 0 Å². The molecule has 0 aliphatic heterocycles. The third kappa shape index (κ3) is 2.28. The van der Waals surface area contributed by atoms with Crippen molar-refractivity contribution in [1.29, 1.82) is 0 Å². The van der Waals surface area contributed by atoms with E-state index in [2.05, 4.69) is 5.10 Å². The highest BCUT2D eigenvalue weighted by atomic mass is 16.1. The molecule has 0 spiro atoms. The summed E-state index contributed by atoms with van der Waals surface area (Å²) in [4.78, 5) is 12.2. The van der Waals surface area contributed by atoms with Gasteiger partial charge in [0.25, 0.3) is 0 Å². The van der Waals surface area contributed by atoms with Crippen LogP contribution < -0.4 is 0 Å². The van der Waals surface area contributed by atoms with Crippen LogP contribution >= 0.6 is 0 Å². The van der Waals surface area contributed by atoms with Crippen molar-refractivity contribution in [3.8, 4) is 0 Å². The standard InChI is InChI=1S/C12H18N2O/c1-14-11(8-9-13-14)12(15)10-6-4-2-3-5-7-10/h8-10H,2-7H2,1H3. The molecule has 0 bridgehead atoms. The van der Waals surface area contributed by atoms with Crippen molar-refractivity contribution in [3.05, 3.63) is 18.0 Å². The zero-order valence-electron chi connectivity index (χ0n) is 9.28. The Labute approximate surface area is 90.5 Å². The lowest BCUT2D eigenvalue weighted by Crippen LogP contribution is -2.17. The number of hydrogen-bond acceptors (Lipinski definition) is 2. The molecule has 3 heteroatoms. The molecule has 0 saturated heterocycles. The van der Waals surface area contributed by atoms with E-state index in [9.17, 15) is 4.79 Å². The molecule has 3 nitrogen and oxygen atoms in total. The lowest BCUT2D eigenvalue weighted by Gasteiger charge is -2.12. The summed E-state index contributed by atoms with van der Waals surface area (Å²) in [6, 6.07) is 1.83. The lowest BCUT2D eigenvalue weighted by atomic mass is 9.93. The molecule has 1 fully saturated rings. The number of ketones is 1. The Bertz CT molecular complexity index is 335. The predicted molar refractivity (Wildman–Crippen MR) is 58.7 cm³/mol. The molecular formula is C12H18N2O.